The molecule has 1 heterocycles. The van der Waals surface area contributed by atoms with Crippen LogP contribution in [-0.4, -0.2) is 23.6 Å². The van der Waals surface area contributed by atoms with Crippen LogP contribution < -0.4 is 11.5 Å². The minimum absolute atomic E-state index is 0.0109. The van der Waals surface area contributed by atoms with Crippen molar-refractivity contribution in [2.75, 3.05) is 12.8 Å². The maximum atomic E-state index is 11.9. The lowest BCUT2D eigenvalue weighted by molar-refractivity contribution is 0.0593. The van der Waals surface area contributed by atoms with E-state index >= 15 is 0 Å². The number of nitrogens with two attached hydrogens (primary N) is 2. The number of benzene rings is 1. The summed E-state index contributed by atoms with van der Waals surface area (Å²) < 4.78 is 6.59. The first-order valence-corrected chi connectivity index (χ1v) is 6.79. The average molecular weight is 363 g/mol. The van der Waals surface area contributed by atoms with E-state index in [9.17, 15) is 9.59 Å². The van der Waals surface area contributed by atoms with Crippen molar-refractivity contribution >= 4 is 33.5 Å². The molecule has 22 heavy (non-hydrogen) atoms. The fourth-order valence-electron chi connectivity index (χ4n) is 1.97. The Bertz CT molecular complexity index is 820. The van der Waals surface area contributed by atoms with Crippen LogP contribution >= 0.6 is 15.9 Å². The number of nitriles is 1. The largest absolute Gasteiger partial charge is 0.464 e. The smallest absolute Gasteiger partial charge is 0.357 e. The summed E-state index contributed by atoms with van der Waals surface area (Å²) in [5, 5.41) is 9.07. The molecule has 0 atom stereocenters. The molecule has 112 valence electrons. The van der Waals surface area contributed by atoms with E-state index in [1.165, 1.54) is 23.9 Å². The van der Waals surface area contributed by atoms with Gasteiger partial charge in [-0.25, -0.2) is 4.79 Å². The van der Waals surface area contributed by atoms with E-state index < -0.39 is 11.9 Å². The quantitative estimate of drug-likeness (QED) is 0.801. The van der Waals surface area contributed by atoms with Crippen molar-refractivity contribution in [1.29, 1.82) is 5.26 Å². The summed E-state index contributed by atoms with van der Waals surface area (Å²) >= 11 is 3.22. The zero-order chi connectivity index (χ0) is 16.4. The Balaban J connectivity index is 2.73. The molecule has 0 aliphatic rings. The van der Waals surface area contributed by atoms with Gasteiger partial charge in [0.05, 0.1) is 23.9 Å². The van der Waals surface area contributed by atoms with E-state index in [0.717, 1.165) is 0 Å². The summed E-state index contributed by atoms with van der Waals surface area (Å²) in [5.74, 6) is -1.32. The minimum atomic E-state index is -0.692. The van der Waals surface area contributed by atoms with E-state index in [-0.39, 0.29) is 22.5 Å². The highest BCUT2D eigenvalue weighted by Gasteiger charge is 2.22. The first kappa shape index (κ1) is 15.6. The van der Waals surface area contributed by atoms with Crippen molar-refractivity contribution in [2.45, 2.75) is 0 Å². The molecular weight excluding hydrogens is 352 g/mol. The van der Waals surface area contributed by atoms with Gasteiger partial charge in [0.25, 0.3) is 0 Å². The van der Waals surface area contributed by atoms with Gasteiger partial charge in [0.1, 0.15) is 6.07 Å². The first-order valence-electron chi connectivity index (χ1n) is 5.99. The zero-order valence-corrected chi connectivity index (χ0v) is 13.0. The van der Waals surface area contributed by atoms with Crippen molar-refractivity contribution in [3.05, 3.63) is 45.7 Å². The number of rotatable bonds is 3. The average Bonchev–Trinajstić information content (AvgIpc) is 2.83. The third-order valence-corrected chi connectivity index (χ3v) is 3.73. The molecular formula is C14H11BrN4O3. The summed E-state index contributed by atoms with van der Waals surface area (Å²) in [6.07, 6.45) is 1.40. The molecule has 0 fully saturated rings. The molecule has 4 N–H and O–H groups in total. The van der Waals surface area contributed by atoms with Crippen LogP contribution in [0.2, 0.25) is 0 Å². The van der Waals surface area contributed by atoms with Gasteiger partial charge in [-0.2, -0.15) is 5.26 Å². The second kappa shape index (κ2) is 5.91. The molecule has 0 spiro atoms. The number of ether oxygens (including phenoxy) is 1. The number of anilines is 1. The number of carbonyl (C=O) groups is 2. The molecule has 0 bridgehead atoms. The molecule has 0 aliphatic carbocycles. The van der Waals surface area contributed by atoms with Gasteiger partial charge in [0, 0.05) is 16.4 Å². The molecule has 7 nitrogen and oxygen atoms in total. The number of amides is 1. The van der Waals surface area contributed by atoms with Crippen LogP contribution in [0.5, 0.6) is 0 Å². The molecule has 0 unspecified atom stereocenters. The lowest BCUT2D eigenvalue weighted by atomic mass is 10.2. The summed E-state index contributed by atoms with van der Waals surface area (Å²) in [6.45, 7) is 0. The van der Waals surface area contributed by atoms with Crippen LogP contribution in [0.3, 0.4) is 0 Å². The predicted octanol–water partition coefficient (Wildman–Crippen LogP) is 1.58. The summed E-state index contributed by atoms with van der Waals surface area (Å²) in [7, 11) is 1.21. The van der Waals surface area contributed by atoms with Crippen LogP contribution in [-0.2, 0) is 4.74 Å². The Morgan fingerprint density at radius 2 is 2.09 bits per heavy atom. The first-order chi connectivity index (χ1) is 10.4. The fourth-order valence-corrected chi connectivity index (χ4v) is 2.41. The van der Waals surface area contributed by atoms with E-state index in [2.05, 4.69) is 20.7 Å². The number of halogens is 1. The van der Waals surface area contributed by atoms with E-state index in [4.69, 9.17) is 16.7 Å². The summed E-state index contributed by atoms with van der Waals surface area (Å²) in [5.41, 5.74) is 11.9. The van der Waals surface area contributed by atoms with Gasteiger partial charge in [-0.1, -0.05) is 0 Å². The van der Waals surface area contributed by atoms with Crippen molar-refractivity contribution in [3.63, 3.8) is 0 Å². The van der Waals surface area contributed by atoms with Gasteiger partial charge >= 0.3 is 5.97 Å². The normalized spacial score (nSPS) is 10.0. The van der Waals surface area contributed by atoms with Crippen molar-refractivity contribution < 1.29 is 14.3 Å². The number of esters is 1. The van der Waals surface area contributed by atoms with Crippen LogP contribution in [0.15, 0.2) is 28.9 Å². The maximum Gasteiger partial charge on any atom is 0.357 e. The predicted molar refractivity (Wildman–Crippen MR) is 82.5 cm³/mol. The molecule has 0 saturated heterocycles. The Kier molecular flexibility index (Phi) is 4.19. The molecule has 2 rings (SSSR count). The molecule has 1 amide bonds. The van der Waals surface area contributed by atoms with Crippen molar-refractivity contribution in [3.8, 4) is 11.8 Å². The molecule has 1 aromatic carbocycles. The molecule has 2 aromatic rings. The number of aromatic nitrogens is 1. The van der Waals surface area contributed by atoms with Crippen LogP contribution in [0.1, 0.15) is 26.4 Å². The van der Waals surface area contributed by atoms with Crippen molar-refractivity contribution in [1.82, 2.24) is 4.57 Å². The molecule has 1 aromatic heterocycles. The maximum absolute atomic E-state index is 11.9. The number of nitrogens with zero attached hydrogens (tertiary/aromatic N) is 2. The highest BCUT2D eigenvalue weighted by molar-refractivity contribution is 9.10. The minimum Gasteiger partial charge on any atom is -0.464 e. The zero-order valence-electron chi connectivity index (χ0n) is 11.5. The Hall–Kier alpha value is -2.79. The second-order valence-corrected chi connectivity index (χ2v) is 5.16. The topological polar surface area (TPSA) is 124 Å². The van der Waals surface area contributed by atoms with Crippen LogP contribution in [0.25, 0.3) is 5.69 Å². The van der Waals surface area contributed by atoms with Gasteiger partial charge in [-0.3, -0.25) is 4.79 Å². The molecule has 0 radical (unpaired) electrons. The highest BCUT2D eigenvalue weighted by atomic mass is 79.9. The van der Waals surface area contributed by atoms with Crippen LogP contribution in [0.4, 0.5) is 5.69 Å². The third kappa shape index (κ3) is 2.54. The van der Waals surface area contributed by atoms with Gasteiger partial charge in [0.2, 0.25) is 5.91 Å². The Morgan fingerprint density at radius 3 is 2.64 bits per heavy atom. The lowest BCUT2D eigenvalue weighted by Crippen LogP contribution is -2.14. The van der Waals surface area contributed by atoms with Gasteiger partial charge in [0.15, 0.2) is 5.69 Å². The monoisotopic (exact) mass is 362 g/mol. The van der Waals surface area contributed by atoms with Gasteiger partial charge in [-0.15, -0.1) is 0 Å². The molecule has 0 saturated carbocycles. The second-order valence-electron chi connectivity index (χ2n) is 4.31. The van der Waals surface area contributed by atoms with E-state index in [1.54, 1.807) is 12.1 Å². The number of methoxy groups -OCH3 is 1. The lowest BCUT2D eigenvalue weighted by Gasteiger charge is -2.10. The van der Waals surface area contributed by atoms with Gasteiger partial charge < -0.3 is 20.8 Å². The summed E-state index contributed by atoms with van der Waals surface area (Å²) in [4.78, 5) is 23.3. The molecule has 8 heteroatoms. The number of primary amides is 1. The number of carbonyl (C=O) groups excluding carboxylic acids is 2. The van der Waals surface area contributed by atoms with Crippen LogP contribution in [0, 0.1) is 11.3 Å². The van der Waals surface area contributed by atoms with Gasteiger partial charge in [-0.05, 0) is 34.1 Å². The highest BCUT2D eigenvalue weighted by Crippen LogP contribution is 2.27. The SMILES string of the molecule is COC(=O)c1c(N)c(C#N)cn1-c1ccc(Br)c(C(N)=O)c1. The Labute approximate surface area is 134 Å². The van der Waals surface area contributed by atoms with E-state index in [0.29, 0.717) is 10.2 Å². The third-order valence-electron chi connectivity index (χ3n) is 3.04. The molecule has 0 aliphatic heterocycles. The van der Waals surface area contributed by atoms with Crippen molar-refractivity contribution in [2.24, 2.45) is 5.73 Å². The Morgan fingerprint density at radius 1 is 1.41 bits per heavy atom. The number of hydrogen-bond donors (Lipinski definition) is 2. The fraction of sp³-hybridized carbons (Fsp3) is 0.0714. The summed E-state index contributed by atoms with van der Waals surface area (Å²) in [6, 6.07) is 6.64. The number of hydrogen-bond acceptors (Lipinski definition) is 5. The standard InChI is InChI=1S/C14H11BrN4O3/c1-22-14(21)12-11(17)7(5-16)6-19(12)8-2-3-10(15)9(4-8)13(18)20/h2-4,6H,17H2,1H3,(H2,18,20). The van der Waals surface area contributed by atoms with E-state index in [1.807, 2.05) is 6.07 Å². The number of nitrogen functional groups attached to an aromatic ring is 1.